The summed E-state index contributed by atoms with van der Waals surface area (Å²) in [7, 11) is 0. The number of rotatable bonds is 3. The van der Waals surface area contributed by atoms with E-state index in [1.54, 1.807) is 0 Å². The Kier molecular flexibility index (Phi) is 4.35. The van der Waals surface area contributed by atoms with Crippen molar-refractivity contribution in [3.8, 4) is 6.07 Å². The molecule has 1 aliphatic rings. The summed E-state index contributed by atoms with van der Waals surface area (Å²) >= 11 is 0. The number of piperidine rings is 1. The summed E-state index contributed by atoms with van der Waals surface area (Å²) in [5.74, 6) is 1.24. The molecule has 2 aromatic rings. The fraction of sp³-hybridized carbons (Fsp3) is 0.444. The summed E-state index contributed by atoms with van der Waals surface area (Å²) in [6, 6.07) is 9.67. The molecule has 1 fully saturated rings. The fourth-order valence-electron chi connectivity index (χ4n) is 3.44. The molecule has 23 heavy (non-hydrogen) atoms. The predicted octanol–water partition coefficient (Wildman–Crippen LogP) is 2.06. The lowest BCUT2D eigenvalue weighted by molar-refractivity contribution is -0.927. The number of quaternary nitrogens is 1. The van der Waals surface area contributed by atoms with Crippen molar-refractivity contribution in [2.24, 2.45) is 5.92 Å². The van der Waals surface area contributed by atoms with Crippen LogP contribution in [0.15, 0.2) is 30.0 Å². The highest BCUT2D eigenvalue weighted by Crippen LogP contribution is 2.20. The van der Waals surface area contributed by atoms with Gasteiger partial charge in [0.2, 0.25) is 0 Å². The third-order valence-electron chi connectivity index (χ3n) is 4.82. The molecule has 0 aliphatic carbocycles. The topological polar surface area (TPSA) is 77.1 Å². The smallest absolute Gasteiger partial charge is 0.172 e. The molecule has 3 atom stereocenters. The van der Waals surface area contributed by atoms with E-state index in [1.165, 1.54) is 17.7 Å². The number of nitrogens with one attached hydrogen (secondary N) is 2. The van der Waals surface area contributed by atoms with Crippen molar-refractivity contribution in [3.63, 3.8) is 0 Å². The van der Waals surface area contributed by atoms with Crippen LogP contribution in [0.5, 0.6) is 0 Å². The first-order chi connectivity index (χ1) is 11.1. The molecule has 5 heteroatoms. The Bertz CT molecular complexity index is 738. The van der Waals surface area contributed by atoms with Crippen LogP contribution in [0.2, 0.25) is 0 Å². The highest BCUT2D eigenvalue weighted by molar-refractivity contribution is 5.82. The highest BCUT2D eigenvalue weighted by atomic mass is 16.3. The molecule has 1 aliphatic heterocycles. The molecule has 0 radical (unpaired) electrons. The lowest BCUT2D eigenvalue weighted by atomic mass is 9.98. The van der Waals surface area contributed by atoms with Crippen molar-refractivity contribution in [1.29, 1.82) is 5.26 Å². The van der Waals surface area contributed by atoms with Gasteiger partial charge >= 0.3 is 0 Å². The molecule has 0 spiro atoms. The second kappa shape index (κ2) is 6.43. The predicted molar refractivity (Wildman–Crippen MR) is 89.8 cm³/mol. The van der Waals surface area contributed by atoms with Crippen LogP contribution >= 0.6 is 0 Å². The van der Waals surface area contributed by atoms with Gasteiger partial charge in [-0.3, -0.25) is 0 Å². The number of para-hydroxylation sites is 2. The molecule has 1 aromatic heterocycles. The molecule has 0 amide bonds. The number of allylic oxidation sites excluding steroid dienone is 1. The molecule has 0 bridgehead atoms. The Balaban J connectivity index is 1.93. The SMILES string of the molecule is C[C@H]1CCC[NH+]([C@@H](C)/C(O)=C(\C#N)c2nc3ccccc3[nH]2)C1. The van der Waals surface area contributed by atoms with Gasteiger partial charge in [0.15, 0.2) is 11.6 Å². The Labute approximate surface area is 136 Å². The molecule has 3 rings (SSSR count). The Morgan fingerprint density at radius 1 is 1.48 bits per heavy atom. The molecule has 120 valence electrons. The van der Waals surface area contributed by atoms with Gasteiger partial charge in [0.05, 0.1) is 24.1 Å². The van der Waals surface area contributed by atoms with E-state index in [1.807, 2.05) is 31.2 Å². The van der Waals surface area contributed by atoms with E-state index < -0.39 is 0 Å². The van der Waals surface area contributed by atoms with Crippen molar-refractivity contribution < 1.29 is 10.0 Å². The molecule has 1 unspecified atom stereocenters. The van der Waals surface area contributed by atoms with Gasteiger partial charge in [0.1, 0.15) is 17.7 Å². The van der Waals surface area contributed by atoms with E-state index >= 15 is 0 Å². The number of likely N-dealkylation sites (tertiary alicyclic amines) is 1. The number of hydrogen-bond acceptors (Lipinski definition) is 3. The van der Waals surface area contributed by atoms with Gasteiger partial charge in [0.25, 0.3) is 0 Å². The number of aromatic nitrogens is 2. The number of H-pyrrole nitrogens is 1. The van der Waals surface area contributed by atoms with Crippen LogP contribution in [0.3, 0.4) is 0 Å². The van der Waals surface area contributed by atoms with E-state index in [-0.39, 0.29) is 17.4 Å². The number of nitriles is 1. The van der Waals surface area contributed by atoms with Crippen LogP contribution in [0.1, 0.15) is 32.5 Å². The van der Waals surface area contributed by atoms with Gasteiger partial charge in [-0.2, -0.15) is 5.26 Å². The van der Waals surface area contributed by atoms with Crippen LogP contribution < -0.4 is 4.90 Å². The molecule has 3 N–H and O–H groups in total. The minimum Gasteiger partial charge on any atom is -0.505 e. The van der Waals surface area contributed by atoms with Crippen molar-refractivity contribution >= 4 is 16.6 Å². The minimum absolute atomic E-state index is 0.0967. The summed E-state index contributed by atoms with van der Waals surface area (Å²) in [5.41, 5.74) is 1.92. The quantitative estimate of drug-likeness (QED) is 0.600. The lowest BCUT2D eigenvalue weighted by Gasteiger charge is -2.32. The monoisotopic (exact) mass is 311 g/mol. The standard InChI is InChI=1S/C18H22N4O/c1-12-6-5-9-22(11-12)13(2)17(23)14(10-19)18-20-15-7-3-4-8-16(15)21-18/h3-4,7-8,12-13,23H,5-6,9,11H2,1-2H3,(H,20,21)/p+1/b17-14-/t12-,13-/m0/s1. The van der Waals surface area contributed by atoms with Gasteiger partial charge in [-0.05, 0) is 31.9 Å². The minimum atomic E-state index is -0.0967. The van der Waals surface area contributed by atoms with Gasteiger partial charge in [-0.25, -0.2) is 4.98 Å². The molecule has 1 aromatic carbocycles. The van der Waals surface area contributed by atoms with E-state index in [0.717, 1.165) is 24.1 Å². The maximum absolute atomic E-state index is 10.7. The Hall–Kier alpha value is -2.32. The Morgan fingerprint density at radius 3 is 2.96 bits per heavy atom. The summed E-state index contributed by atoms with van der Waals surface area (Å²) in [6.07, 6.45) is 2.41. The summed E-state index contributed by atoms with van der Waals surface area (Å²) in [5, 5.41) is 20.2. The highest BCUT2D eigenvalue weighted by Gasteiger charge is 2.29. The number of aliphatic hydroxyl groups excluding tert-OH is 1. The fourth-order valence-corrected chi connectivity index (χ4v) is 3.44. The Morgan fingerprint density at radius 2 is 2.26 bits per heavy atom. The van der Waals surface area contributed by atoms with Crippen molar-refractivity contribution in [2.45, 2.75) is 32.7 Å². The molecular weight excluding hydrogens is 288 g/mol. The van der Waals surface area contributed by atoms with Crippen LogP contribution in [-0.2, 0) is 0 Å². The first-order valence-electron chi connectivity index (χ1n) is 8.23. The summed E-state index contributed by atoms with van der Waals surface area (Å²) in [4.78, 5) is 8.91. The third kappa shape index (κ3) is 3.08. The largest absolute Gasteiger partial charge is 0.505 e. The maximum Gasteiger partial charge on any atom is 0.172 e. The average Bonchev–Trinajstić information content (AvgIpc) is 2.98. The number of fused-ring (bicyclic) bond motifs is 1. The number of hydrogen-bond donors (Lipinski definition) is 3. The molecule has 5 nitrogen and oxygen atoms in total. The second-order valence-corrected chi connectivity index (χ2v) is 6.56. The number of aliphatic hydroxyl groups is 1. The van der Waals surface area contributed by atoms with E-state index in [2.05, 4.69) is 23.0 Å². The second-order valence-electron chi connectivity index (χ2n) is 6.56. The molecule has 1 saturated heterocycles. The summed E-state index contributed by atoms with van der Waals surface area (Å²) < 4.78 is 0. The van der Waals surface area contributed by atoms with Gasteiger partial charge in [-0.15, -0.1) is 0 Å². The first kappa shape index (κ1) is 15.6. The molecule has 2 heterocycles. The molecule has 0 saturated carbocycles. The molecular formula is C18H23N4O+. The third-order valence-corrected chi connectivity index (χ3v) is 4.82. The van der Waals surface area contributed by atoms with Crippen LogP contribution in [0.4, 0.5) is 0 Å². The van der Waals surface area contributed by atoms with Crippen molar-refractivity contribution in [1.82, 2.24) is 9.97 Å². The average molecular weight is 311 g/mol. The normalized spacial score (nSPS) is 24.0. The number of nitrogens with zero attached hydrogens (tertiary/aromatic N) is 2. The zero-order valence-electron chi connectivity index (χ0n) is 13.6. The lowest BCUT2D eigenvalue weighted by Crippen LogP contribution is -3.17. The van der Waals surface area contributed by atoms with E-state index in [0.29, 0.717) is 11.7 Å². The number of aromatic amines is 1. The zero-order valence-corrected chi connectivity index (χ0v) is 13.6. The van der Waals surface area contributed by atoms with E-state index in [9.17, 15) is 10.4 Å². The maximum atomic E-state index is 10.7. The van der Waals surface area contributed by atoms with E-state index in [4.69, 9.17) is 0 Å². The van der Waals surface area contributed by atoms with Gasteiger partial charge in [-0.1, -0.05) is 19.1 Å². The number of imidazole rings is 1. The zero-order chi connectivity index (χ0) is 16.4. The number of benzene rings is 1. The van der Waals surface area contributed by atoms with Gasteiger partial charge in [0, 0.05) is 5.92 Å². The van der Waals surface area contributed by atoms with Crippen molar-refractivity contribution in [3.05, 3.63) is 35.8 Å². The van der Waals surface area contributed by atoms with Crippen molar-refractivity contribution in [2.75, 3.05) is 13.1 Å². The van der Waals surface area contributed by atoms with Crippen LogP contribution in [0, 0.1) is 17.2 Å². The van der Waals surface area contributed by atoms with Crippen LogP contribution in [0.25, 0.3) is 16.6 Å². The first-order valence-corrected chi connectivity index (χ1v) is 8.23. The van der Waals surface area contributed by atoms with Crippen LogP contribution in [-0.4, -0.2) is 34.2 Å². The van der Waals surface area contributed by atoms with Gasteiger partial charge < -0.3 is 15.0 Å². The summed E-state index contributed by atoms with van der Waals surface area (Å²) in [6.45, 7) is 6.30.